The number of sulfonamides is 1. The minimum atomic E-state index is -4.08. The van der Waals surface area contributed by atoms with Gasteiger partial charge in [-0.25, -0.2) is 9.99 Å². The first-order valence-corrected chi connectivity index (χ1v) is 9.15. The van der Waals surface area contributed by atoms with E-state index in [1.54, 1.807) is 17.8 Å². The molecule has 8 nitrogen and oxygen atoms in total. The van der Waals surface area contributed by atoms with Gasteiger partial charge in [-0.05, 0) is 6.42 Å². The molecule has 0 saturated carbocycles. The molecular weight excluding hydrogens is 348 g/mol. The van der Waals surface area contributed by atoms with Crippen LogP contribution in [0.5, 0.6) is 0 Å². The van der Waals surface area contributed by atoms with Crippen molar-refractivity contribution in [2.24, 2.45) is 21.2 Å². The van der Waals surface area contributed by atoms with Crippen LogP contribution in [-0.2, 0) is 10.0 Å². The summed E-state index contributed by atoms with van der Waals surface area (Å²) in [7, 11) is -4.08. The zero-order valence-corrected chi connectivity index (χ0v) is 13.9. The van der Waals surface area contributed by atoms with Gasteiger partial charge in [-0.1, -0.05) is 18.5 Å². The van der Waals surface area contributed by atoms with Crippen LogP contribution in [-0.4, -0.2) is 41.5 Å². The second-order valence-corrected chi connectivity index (χ2v) is 7.45. The standard InChI is InChI=1S/C11H13ClN6O2S2/c1-2-7-5-14-18(6-7)10(13)16-22(19,20)9-8(12)15-11-17(9)3-4-21-11/h3-5,7H,2,6H2,1H3,(H2,13,16). The molecule has 118 valence electrons. The summed E-state index contributed by atoms with van der Waals surface area (Å²) in [6.45, 7) is 2.53. The van der Waals surface area contributed by atoms with Crippen LogP contribution in [0, 0.1) is 5.92 Å². The van der Waals surface area contributed by atoms with E-state index < -0.39 is 10.0 Å². The van der Waals surface area contributed by atoms with Gasteiger partial charge in [0.1, 0.15) is 0 Å². The van der Waals surface area contributed by atoms with Crippen molar-refractivity contribution in [2.45, 2.75) is 18.4 Å². The maximum Gasteiger partial charge on any atom is 0.304 e. The SMILES string of the molecule is CCC1C=NN(/C(N)=N/S(=O)(=O)c2c(Cl)nc3sccn23)C1. The number of hydrogen-bond donors (Lipinski definition) is 1. The van der Waals surface area contributed by atoms with Crippen LogP contribution in [0.4, 0.5) is 0 Å². The van der Waals surface area contributed by atoms with Gasteiger partial charge < -0.3 is 5.73 Å². The molecule has 3 rings (SSSR count). The summed E-state index contributed by atoms with van der Waals surface area (Å²) in [4.78, 5) is 4.46. The Balaban J connectivity index is 1.97. The molecule has 2 N–H and O–H groups in total. The molecule has 2 aromatic rings. The Bertz CT molecular complexity index is 868. The first-order valence-electron chi connectivity index (χ1n) is 6.45. The highest BCUT2D eigenvalue weighted by Crippen LogP contribution is 2.27. The van der Waals surface area contributed by atoms with E-state index >= 15 is 0 Å². The fraction of sp³-hybridized carbons (Fsp3) is 0.364. The molecule has 0 spiro atoms. The van der Waals surface area contributed by atoms with Crippen LogP contribution in [0.25, 0.3) is 4.96 Å². The van der Waals surface area contributed by atoms with Crippen molar-refractivity contribution in [1.82, 2.24) is 14.4 Å². The van der Waals surface area contributed by atoms with Gasteiger partial charge in [0, 0.05) is 23.7 Å². The van der Waals surface area contributed by atoms with Crippen molar-refractivity contribution in [2.75, 3.05) is 6.54 Å². The molecule has 1 aliphatic heterocycles. The average molecular weight is 361 g/mol. The summed E-state index contributed by atoms with van der Waals surface area (Å²) >= 11 is 7.20. The van der Waals surface area contributed by atoms with Crippen LogP contribution in [0.1, 0.15) is 13.3 Å². The van der Waals surface area contributed by atoms with Gasteiger partial charge in [0.05, 0.1) is 6.54 Å². The Morgan fingerprint density at radius 3 is 3.09 bits per heavy atom. The normalized spacial score (nSPS) is 19.5. The van der Waals surface area contributed by atoms with Gasteiger partial charge in [-0.15, -0.1) is 15.7 Å². The molecule has 0 amide bonds. The summed E-state index contributed by atoms with van der Waals surface area (Å²) in [5, 5.41) is 6.82. The van der Waals surface area contributed by atoms with Crippen LogP contribution < -0.4 is 5.73 Å². The summed E-state index contributed by atoms with van der Waals surface area (Å²) in [5.74, 6) is 0.0482. The molecule has 0 bridgehead atoms. The number of nitrogens with zero attached hydrogens (tertiary/aromatic N) is 5. The van der Waals surface area contributed by atoms with Crippen LogP contribution in [0.2, 0.25) is 5.15 Å². The van der Waals surface area contributed by atoms with Gasteiger partial charge in [0.25, 0.3) is 0 Å². The smallest absolute Gasteiger partial charge is 0.304 e. The zero-order valence-electron chi connectivity index (χ0n) is 11.5. The number of guanidine groups is 1. The molecule has 1 unspecified atom stereocenters. The number of hydrazone groups is 1. The number of halogens is 1. The fourth-order valence-corrected chi connectivity index (χ4v) is 4.43. The van der Waals surface area contributed by atoms with Gasteiger partial charge in [-0.3, -0.25) is 4.40 Å². The predicted molar refractivity (Wildman–Crippen MR) is 85.9 cm³/mol. The molecule has 22 heavy (non-hydrogen) atoms. The van der Waals surface area contributed by atoms with Gasteiger partial charge in [-0.2, -0.15) is 13.5 Å². The molecule has 0 radical (unpaired) electrons. The topological polar surface area (TPSA) is 105 Å². The Morgan fingerprint density at radius 2 is 2.41 bits per heavy atom. The van der Waals surface area contributed by atoms with Gasteiger partial charge in [0.2, 0.25) is 11.0 Å². The van der Waals surface area contributed by atoms with Crippen LogP contribution in [0.3, 0.4) is 0 Å². The number of fused-ring (bicyclic) bond motifs is 1. The minimum absolute atomic E-state index is 0.125. The third-order valence-electron chi connectivity index (χ3n) is 3.25. The largest absolute Gasteiger partial charge is 0.367 e. The van der Waals surface area contributed by atoms with Crippen molar-refractivity contribution in [3.05, 3.63) is 16.7 Å². The molecule has 0 aliphatic carbocycles. The lowest BCUT2D eigenvalue weighted by atomic mass is 10.1. The van der Waals surface area contributed by atoms with E-state index in [1.165, 1.54) is 20.7 Å². The van der Waals surface area contributed by atoms with Crippen molar-refractivity contribution in [3.63, 3.8) is 0 Å². The Labute approximate surface area is 136 Å². The highest BCUT2D eigenvalue weighted by Gasteiger charge is 2.27. The van der Waals surface area contributed by atoms with E-state index in [-0.39, 0.29) is 22.1 Å². The summed E-state index contributed by atoms with van der Waals surface area (Å²) in [6.07, 6.45) is 4.19. The van der Waals surface area contributed by atoms with Crippen molar-refractivity contribution in [1.29, 1.82) is 0 Å². The van der Waals surface area contributed by atoms with Crippen molar-refractivity contribution >= 4 is 50.1 Å². The lowest BCUT2D eigenvalue weighted by Gasteiger charge is -2.13. The number of hydrogen-bond acceptors (Lipinski definition) is 5. The van der Waals surface area contributed by atoms with Crippen molar-refractivity contribution in [3.8, 4) is 0 Å². The molecule has 0 saturated heterocycles. The summed E-state index contributed by atoms with van der Waals surface area (Å²) < 4.78 is 29.9. The lowest BCUT2D eigenvalue weighted by molar-refractivity contribution is 0.436. The fourth-order valence-electron chi connectivity index (χ4n) is 2.06. The van der Waals surface area contributed by atoms with E-state index in [0.29, 0.717) is 11.5 Å². The first-order chi connectivity index (χ1) is 10.4. The second-order valence-electron chi connectivity index (χ2n) is 4.70. The van der Waals surface area contributed by atoms with E-state index in [2.05, 4.69) is 14.5 Å². The molecule has 2 aromatic heterocycles. The Morgan fingerprint density at radius 1 is 1.64 bits per heavy atom. The third-order valence-corrected chi connectivity index (χ3v) is 5.69. The first kappa shape index (κ1) is 15.3. The highest BCUT2D eigenvalue weighted by atomic mass is 35.5. The van der Waals surface area contributed by atoms with Gasteiger partial charge in [0.15, 0.2) is 10.1 Å². The van der Waals surface area contributed by atoms with Gasteiger partial charge >= 0.3 is 10.0 Å². The molecule has 3 heterocycles. The minimum Gasteiger partial charge on any atom is -0.367 e. The number of aromatic nitrogens is 2. The number of rotatable bonds is 3. The third kappa shape index (κ3) is 2.57. The maximum absolute atomic E-state index is 12.5. The van der Waals surface area contributed by atoms with E-state index in [9.17, 15) is 8.42 Å². The number of imidazole rings is 1. The lowest BCUT2D eigenvalue weighted by Crippen LogP contribution is -2.34. The van der Waals surface area contributed by atoms with E-state index in [4.69, 9.17) is 17.3 Å². The van der Waals surface area contributed by atoms with E-state index in [1.807, 2.05) is 6.92 Å². The average Bonchev–Trinajstić information content (AvgIpc) is 3.11. The second kappa shape index (κ2) is 5.52. The van der Waals surface area contributed by atoms with E-state index in [0.717, 1.165) is 6.42 Å². The number of nitrogens with two attached hydrogens (primary N) is 1. The molecule has 0 fully saturated rings. The van der Waals surface area contributed by atoms with Crippen molar-refractivity contribution < 1.29 is 8.42 Å². The molecular formula is C11H13ClN6O2S2. The molecule has 11 heteroatoms. The maximum atomic E-state index is 12.5. The molecule has 1 aliphatic rings. The molecule has 1 atom stereocenters. The predicted octanol–water partition coefficient (Wildman–Crippen LogP) is 1.38. The van der Waals surface area contributed by atoms with Crippen LogP contribution in [0.15, 0.2) is 26.1 Å². The summed E-state index contributed by atoms with van der Waals surface area (Å²) in [5.41, 5.74) is 5.77. The van der Waals surface area contributed by atoms with Crippen LogP contribution >= 0.6 is 22.9 Å². The number of thiazole rings is 1. The monoisotopic (exact) mass is 360 g/mol. The Hall–Kier alpha value is -1.65. The summed E-state index contributed by atoms with van der Waals surface area (Å²) in [6, 6.07) is 0. The highest BCUT2D eigenvalue weighted by molar-refractivity contribution is 7.90. The molecule has 0 aromatic carbocycles. The quantitative estimate of drug-likeness (QED) is 0.657. The Kier molecular flexibility index (Phi) is 3.83. The zero-order chi connectivity index (χ0) is 15.9.